The maximum Gasteiger partial charge on any atom is 0.0724 e. The zero-order valence-electron chi connectivity index (χ0n) is 11.1. The third-order valence-corrected chi connectivity index (χ3v) is 3.07. The van der Waals surface area contributed by atoms with Gasteiger partial charge in [0, 0.05) is 32.0 Å². The van der Waals surface area contributed by atoms with E-state index in [0.29, 0.717) is 0 Å². The number of morpholine rings is 1. The molecule has 0 unspecified atom stereocenters. The number of nitrogens with one attached hydrogen (secondary N) is 1. The van der Waals surface area contributed by atoms with Gasteiger partial charge in [-0.3, -0.25) is 14.9 Å². The van der Waals surface area contributed by atoms with Crippen LogP contribution in [0.15, 0.2) is 12.4 Å². The minimum absolute atomic E-state index is 0.802. The van der Waals surface area contributed by atoms with Crippen LogP contribution >= 0.6 is 0 Å². The molecule has 1 aromatic rings. The first-order valence-corrected chi connectivity index (χ1v) is 6.63. The SMILES string of the molecule is Cc1cnc(CNCCCN2CCOCC2)cn1. The molecule has 0 aliphatic carbocycles. The number of aromatic nitrogens is 2. The molecular weight excluding hydrogens is 228 g/mol. The summed E-state index contributed by atoms with van der Waals surface area (Å²) < 4.78 is 5.32. The Kier molecular flexibility index (Phi) is 5.51. The summed E-state index contributed by atoms with van der Waals surface area (Å²) in [5, 5.41) is 3.40. The Morgan fingerprint density at radius 2 is 2.11 bits per heavy atom. The number of ether oxygens (including phenoxy) is 1. The fourth-order valence-electron chi connectivity index (χ4n) is 1.98. The first kappa shape index (κ1) is 13.4. The standard InChI is InChI=1S/C13H22N4O/c1-12-9-16-13(11-15-12)10-14-3-2-4-17-5-7-18-8-6-17/h9,11,14H,2-8,10H2,1H3. The summed E-state index contributed by atoms with van der Waals surface area (Å²) in [6.45, 7) is 8.83. The molecule has 0 radical (unpaired) electrons. The van der Waals surface area contributed by atoms with Crippen molar-refractivity contribution in [2.75, 3.05) is 39.4 Å². The molecule has 1 aromatic heterocycles. The van der Waals surface area contributed by atoms with Crippen LogP contribution in [0.1, 0.15) is 17.8 Å². The molecule has 5 heteroatoms. The summed E-state index contributed by atoms with van der Waals surface area (Å²) in [6, 6.07) is 0. The van der Waals surface area contributed by atoms with Crippen molar-refractivity contribution in [1.82, 2.24) is 20.2 Å². The van der Waals surface area contributed by atoms with Crippen molar-refractivity contribution in [1.29, 1.82) is 0 Å². The molecule has 0 spiro atoms. The maximum atomic E-state index is 5.32. The first-order chi connectivity index (χ1) is 8.84. The molecule has 18 heavy (non-hydrogen) atoms. The van der Waals surface area contributed by atoms with Crippen LogP contribution in [0.2, 0.25) is 0 Å². The number of nitrogens with zero attached hydrogens (tertiary/aromatic N) is 3. The summed E-state index contributed by atoms with van der Waals surface area (Å²) in [7, 11) is 0. The van der Waals surface area contributed by atoms with Crippen molar-refractivity contribution in [3.8, 4) is 0 Å². The highest BCUT2D eigenvalue weighted by Gasteiger charge is 2.08. The molecule has 0 saturated carbocycles. The van der Waals surface area contributed by atoms with Gasteiger partial charge in [0.25, 0.3) is 0 Å². The molecule has 100 valence electrons. The molecule has 1 aliphatic rings. The Bertz CT molecular complexity index is 335. The van der Waals surface area contributed by atoms with Gasteiger partial charge >= 0.3 is 0 Å². The van der Waals surface area contributed by atoms with Gasteiger partial charge in [-0.05, 0) is 26.4 Å². The second kappa shape index (κ2) is 7.41. The van der Waals surface area contributed by atoms with E-state index in [2.05, 4.69) is 20.2 Å². The number of hydrogen-bond acceptors (Lipinski definition) is 5. The van der Waals surface area contributed by atoms with Crippen molar-refractivity contribution in [2.24, 2.45) is 0 Å². The summed E-state index contributed by atoms with van der Waals surface area (Å²) in [5.41, 5.74) is 1.97. The van der Waals surface area contributed by atoms with E-state index in [1.165, 1.54) is 6.42 Å². The summed E-state index contributed by atoms with van der Waals surface area (Å²) in [5.74, 6) is 0. The second-order valence-corrected chi connectivity index (χ2v) is 4.63. The molecule has 2 heterocycles. The average Bonchev–Trinajstić information content (AvgIpc) is 2.42. The molecule has 0 atom stereocenters. The molecule has 0 amide bonds. The maximum absolute atomic E-state index is 5.32. The van der Waals surface area contributed by atoms with E-state index in [4.69, 9.17) is 4.74 Å². The number of aryl methyl sites for hydroxylation is 1. The molecule has 1 saturated heterocycles. The Morgan fingerprint density at radius 1 is 1.28 bits per heavy atom. The molecule has 1 N–H and O–H groups in total. The lowest BCUT2D eigenvalue weighted by Gasteiger charge is -2.26. The van der Waals surface area contributed by atoms with Crippen molar-refractivity contribution in [3.63, 3.8) is 0 Å². The van der Waals surface area contributed by atoms with Gasteiger partial charge in [-0.25, -0.2) is 0 Å². The van der Waals surface area contributed by atoms with Crippen molar-refractivity contribution >= 4 is 0 Å². The normalized spacial score (nSPS) is 16.9. The van der Waals surface area contributed by atoms with Gasteiger partial charge in [0.05, 0.1) is 24.6 Å². The highest BCUT2D eigenvalue weighted by molar-refractivity contribution is 4.99. The van der Waals surface area contributed by atoms with E-state index < -0.39 is 0 Å². The summed E-state index contributed by atoms with van der Waals surface area (Å²) in [6.07, 6.45) is 4.81. The fraction of sp³-hybridized carbons (Fsp3) is 0.692. The second-order valence-electron chi connectivity index (χ2n) is 4.63. The van der Waals surface area contributed by atoms with Crippen LogP contribution in [-0.2, 0) is 11.3 Å². The van der Waals surface area contributed by atoms with E-state index in [0.717, 1.165) is 57.3 Å². The Balaban J connectivity index is 1.54. The third-order valence-electron chi connectivity index (χ3n) is 3.07. The smallest absolute Gasteiger partial charge is 0.0724 e. The van der Waals surface area contributed by atoms with Gasteiger partial charge in [-0.2, -0.15) is 0 Å². The molecule has 2 rings (SSSR count). The Morgan fingerprint density at radius 3 is 2.83 bits per heavy atom. The minimum atomic E-state index is 0.802. The van der Waals surface area contributed by atoms with Crippen molar-refractivity contribution < 1.29 is 4.74 Å². The topological polar surface area (TPSA) is 50.3 Å². The molecule has 0 aromatic carbocycles. The van der Waals surface area contributed by atoms with Gasteiger partial charge in [0.2, 0.25) is 0 Å². The van der Waals surface area contributed by atoms with Gasteiger partial charge in [0.1, 0.15) is 0 Å². The van der Waals surface area contributed by atoms with Crippen LogP contribution in [-0.4, -0.2) is 54.3 Å². The van der Waals surface area contributed by atoms with Gasteiger partial charge in [-0.15, -0.1) is 0 Å². The molecular formula is C13H22N4O. The highest BCUT2D eigenvalue weighted by atomic mass is 16.5. The zero-order chi connectivity index (χ0) is 12.6. The third kappa shape index (κ3) is 4.68. The fourth-order valence-corrected chi connectivity index (χ4v) is 1.98. The predicted molar refractivity (Wildman–Crippen MR) is 70.4 cm³/mol. The van der Waals surface area contributed by atoms with E-state index >= 15 is 0 Å². The van der Waals surface area contributed by atoms with Crippen molar-refractivity contribution in [3.05, 3.63) is 23.8 Å². The van der Waals surface area contributed by atoms with Crippen LogP contribution in [0.3, 0.4) is 0 Å². The Hall–Kier alpha value is -1.04. The van der Waals surface area contributed by atoms with E-state index in [-0.39, 0.29) is 0 Å². The Labute approximate surface area is 109 Å². The zero-order valence-corrected chi connectivity index (χ0v) is 11.1. The first-order valence-electron chi connectivity index (χ1n) is 6.63. The predicted octanol–water partition coefficient (Wildman–Crippen LogP) is 0.597. The summed E-state index contributed by atoms with van der Waals surface area (Å²) in [4.78, 5) is 11.0. The van der Waals surface area contributed by atoms with Crippen molar-refractivity contribution in [2.45, 2.75) is 19.9 Å². The molecule has 1 fully saturated rings. The van der Waals surface area contributed by atoms with Crippen LogP contribution in [0, 0.1) is 6.92 Å². The highest BCUT2D eigenvalue weighted by Crippen LogP contribution is 1.98. The monoisotopic (exact) mass is 250 g/mol. The lowest BCUT2D eigenvalue weighted by atomic mass is 10.3. The van der Waals surface area contributed by atoms with Crippen LogP contribution < -0.4 is 5.32 Å². The largest absolute Gasteiger partial charge is 0.379 e. The van der Waals surface area contributed by atoms with Gasteiger partial charge < -0.3 is 10.1 Å². The van der Waals surface area contributed by atoms with E-state index in [9.17, 15) is 0 Å². The molecule has 5 nitrogen and oxygen atoms in total. The van der Waals surface area contributed by atoms with Gasteiger partial charge in [0.15, 0.2) is 0 Å². The number of rotatable bonds is 6. The van der Waals surface area contributed by atoms with E-state index in [1.54, 1.807) is 0 Å². The van der Waals surface area contributed by atoms with Gasteiger partial charge in [-0.1, -0.05) is 0 Å². The number of hydrogen-bond donors (Lipinski definition) is 1. The lowest BCUT2D eigenvalue weighted by molar-refractivity contribution is 0.0374. The van der Waals surface area contributed by atoms with Crippen LogP contribution in [0.25, 0.3) is 0 Å². The van der Waals surface area contributed by atoms with E-state index in [1.807, 2.05) is 19.3 Å². The molecule has 0 bridgehead atoms. The quantitative estimate of drug-likeness (QED) is 0.749. The molecule has 1 aliphatic heterocycles. The van der Waals surface area contributed by atoms with Crippen LogP contribution in [0.4, 0.5) is 0 Å². The summed E-state index contributed by atoms with van der Waals surface area (Å²) >= 11 is 0. The minimum Gasteiger partial charge on any atom is -0.379 e. The van der Waals surface area contributed by atoms with Crippen LogP contribution in [0.5, 0.6) is 0 Å². The lowest BCUT2D eigenvalue weighted by Crippen LogP contribution is -2.37. The average molecular weight is 250 g/mol.